The monoisotopic (exact) mass is 387 g/mol. The number of pyridine rings is 1. The first-order chi connectivity index (χ1) is 12.6. The van der Waals surface area contributed by atoms with Gasteiger partial charge in [0, 0.05) is 35.2 Å². The Bertz CT molecular complexity index is 913. The van der Waals surface area contributed by atoms with Gasteiger partial charge in [0.2, 0.25) is 5.91 Å². The van der Waals surface area contributed by atoms with Gasteiger partial charge in [-0.3, -0.25) is 9.78 Å². The molecule has 2 aromatic heterocycles. The molecule has 0 aliphatic carbocycles. The number of thioether (sulfide) groups is 1. The highest BCUT2D eigenvalue weighted by Crippen LogP contribution is 2.24. The number of hydrogen-bond donors (Lipinski definition) is 1. The lowest BCUT2D eigenvalue weighted by atomic mass is 10.2. The van der Waals surface area contributed by atoms with E-state index < -0.39 is 0 Å². The van der Waals surface area contributed by atoms with Crippen molar-refractivity contribution in [2.45, 2.75) is 25.5 Å². The standard InChI is InChI=1S/C18H18ClN5OS/c1-3-24-17(13-5-4-8-20-10-13)22-23-18(24)26-11-16(25)21-14-7-6-12(2)15(19)9-14/h4-10H,3,11H2,1-2H3,(H,21,25). The number of aryl methyl sites for hydroxylation is 1. The normalized spacial score (nSPS) is 10.7. The molecule has 1 amide bonds. The number of anilines is 1. The molecular weight excluding hydrogens is 370 g/mol. The Morgan fingerprint density at radius 2 is 2.15 bits per heavy atom. The number of nitrogens with zero attached hydrogens (tertiary/aromatic N) is 4. The molecule has 1 N–H and O–H groups in total. The zero-order valence-corrected chi connectivity index (χ0v) is 16.0. The van der Waals surface area contributed by atoms with Crippen molar-refractivity contribution in [2.75, 3.05) is 11.1 Å². The zero-order chi connectivity index (χ0) is 18.5. The third-order valence-electron chi connectivity index (χ3n) is 3.74. The first-order valence-electron chi connectivity index (χ1n) is 8.11. The summed E-state index contributed by atoms with van der Waals surface area (Å²) in [4.78, 5) is 16.3. The van der Waals surface area contributed by atoms with E-state index in [1.54, 1.807) is 18.5 Å². The van der Waals surface area contributed by atoms with Crippen LogP contribution in [-0.2, 0) is 11.3 Å². The van der Waals surface area contributed by atoms with Gasteiger partial charge in [0.15, 0.2) is 11.0 Å². The van der Waals surface area contributed by atoms with Gasteiger partial charge >= 0.3 is 0 Å². The molecular formula is C18H18ClN5OS. The van der Waals surface area contributed by atoms with E-state index in [4.69, 9.17) is 11.6 Å². The van der Waals surface area contributed by atoms with Gasteiger partial charge in [-0.2, -0.15) is 0 Å². The van der Waals surface area contributed by atoms with E-state index in [2.05, 4.69) is 20.5 Å². The van der Waals surface area contributed by atoms with E-state index in [-0.39, 0.29) is 11.7 Å². The summed E-state index contributed by atoms with van der Waals surface area (Å²) in [5, 5.41) is 12.6. The van der Waals surface area contributed by atoms with Crippen LogP contribution in [-0.4, -0.2) is 31.4 Å². The molecule has 0 saturated carbocycles. The molecule has 8 heteroatoms. The number of nitrogens with one attached hydrogen (secondary N) is 1. The SMILES string of the molecule is CCn1c(SCC(=O)Nc2ccc(C)c(Cl)c2)nnc1-c1cccnc1. The lowest BCUT2D eigenvalue weighted by molar-refractivity contribution is -0.113. The van der Waals surface area contributed by atoms with Gasteiger partial charge in [0.25, 0.3) is 0 Å². The minimum atomic E-state index is -0.122. The first-order valence-corrected chi connectivity index (χ1v) is 9.47. The van der Waals surface area contributed by atoms with Crippen molar-refractivity contribution in [2.24, 2.45) is 0 Å². The quantitative estimate of drug-likeness (QED) is 0.646. The molecule has 0 bridgehead atoms. The molecule has 3 rings (SSSR count). The second-order valence-electron chi connectivity index (χ2n) is 5.59. The molecule has 26 heavy (non-hydrogen) atoms. The van der Waals surface area contributed by atoms with E-state index in [0.29, 0.717) is 22.4 Å². The van der Waals surface area contributed by atoms with Crippen LogP contribution in [0.5, 0.6) is 0 Å². The van der Waals surface area contributed by atoms with Crippen molar-refractivity contribution < 1.29 is 4.79 Å². The number of carbonyl (C=O) groups is 1. The fourth-order valence-corrected chi connectivity index (χ4v) is 3.37. The van der Waals surface area contributed by atoms with Gasteiger partial charge < -0.3 is 9.88 Å². The highest BCUT2D eigenvalue weighted by molar-refractivity contribution is 7.99. The van der Waals surface area contributed by atoms with Crippen LogP contribution >= 0.6 is 23.4 Å². The number of carbonyl (C=O) groups excluding carboxylic acids is 1. The van der Waals surface area contributed by atoms with Gasteiger partial charge in [-0.05, 0) is 43.7 Å². The second-order valence-corrected chi connectivity index (χ2v) is 6.94. The summed E-state index contributed by atoms with van der Waals surface area (Å²) >= 11 is 7.43. The van der Waals surface area contributed by atoms with Gasteiger partial charge in [-0.25, -0.2) is 0 Å². The largest absolute Gasteiger partial charge is 0.325 e. The van der Waals surface area contributed by atoms with Crippen LogP contribution in [0.2, 0.25) is 5.02 Å². The molecule has 0 unspecified atom stereocenters. The summed E-state index contributed by atoms with van der Waals surface area (Å²) < 4.78 is 1.97. The summed E-state index contributed by atoms with van der Waals surface area (Å²) in [5.41, 5.74) is 2.55. The highest BCUT2D eigenvalue weighted by atomic mass is 35.5. The van der Waals surface area contributed by atoms with Crippen LogP contribution in [0.15, 0.2) is 47.9 Å². The van der Waals surface area contributed by atoms with Gasteiger partial charge in [-0.15, -0.1) is 10.2 Å². The van der Waals surface area contributed by atoms with Crippen molar-refractivity contribution >= 4 is 35.0 Å². The van der Waals surface area contributed by atoms with Crippen LogP contribution in [0.25, 0.3) is 11.4 Å². The fraction of sp³-hybridized carbons (Fsp3) is 0.222. The minimum absolute atomic E-state index is 0.122. The van der Waals surface area contributed by atoms with Crippen LogP contribution < -0.4 is 5.32 Å². The number of rotatable bonds is 6. The summed E-state index contributed by atoms with van der Waals surface area (Å²) in [6, 6.07) is 9.24. The Morgan fingerprint density at radius 3 is 2.85 bits per heavy atom. The minimum Gasteiger partial charge on any atom is -0.325 e. The topological polar surface area (TPSA) is 72.7 Å². The molecule has 2 heterocycles. The predicted octanol–water partition coefficient (Wildman–Crippen LogP) is 4.05. The Hall–Kier alpha value is -2.38. The number of benzene rings is 1. The van der Waals surface area contributed by atoms with Crippen LogP contribution in [0.3, 0.4) is 0 Å². The molecule has 1 aromatic carbocycles. The summed E-state index contributed by atoms with van der Waals surface area (Å²) in [6.07, 6.45) is 3.46. The Balaban J connectivity index is 1.67. The van der Waals surface area contributed by atoms with Crippen LogP contribution in [0.1, 0.15) is 12.5 Å². The number of amides is 1. The van der Waals surface area contributed by atoms with Crippen molar-refractivity contribution in [3.63, 3.8) is 0 Å². The number of aromatic nitrogens is 4. The molecule has 0 saturated heterocycles. The third kappa shape index (κ3) is 4.23. The maximum atomic E-state index is 12.2. The Labute approximate surface area is 161 Å². The van der Waals surface area contributed by atoms with E-state index in [1.807, 2.05) is 42.7 Å². The van der Waals surface area contributed by atoms with E-state index >= 15 is 0 Å². The molecule has 3 aromatic rings. The average molecular weight is 388 g/mol. The van der Waals surface area contributed by atoms with Crippen molar-refractivity contribution in [1.82, 2.24) is 19.7 Å². The lowest BCUT2D eigenvalue weighted by Gasteiger charge is -2.08. The highest BCUT2D eigenvalue weighted by Gasteiger charge is 2.14. The Kier molecular flexibility index (Phi) is 5.90. The summed E-state index contributed by atoms with van der Waals surface area (Å²) in [6.45, 7) is 4.64. The predicted molar refractivity (Wildman–Crippen MR) is 104 cm³/mol. The van der Waals surface area contributed by atoms with Crippen LogP contribution in [0, 0.1) is 6.92 Å². The molecule has 0 radical (unpaired) electrons. The van der Waals surface area contributed by atoms with E-state index in [1.165, 1.54) is 11.8 Å². The second kappa shape index (κ2) is 8.33. The molecule has 0 aliphatic rings. The van der Waals surface area contributed by atoms with Gasteiger partial charge in [0.05, 0.1) is 5.75 Å². The van der Waals surface area contributed by atoms with Crippen molar-refractivity contribution in [3.05, 3.63) is 53.3 Å². The first kappa shape index (κ1) is 18.4. The molecule has 0 atom stereocenters. The average Bonchev–Trinajstić information content (AvgIpc) is 3.07. The van der Waals surface area contributed by atoms with E-state index in [0.717, 1.165) is 17.0 Å². The van der Waals surface area contributed by atoms with Crippen molar-refractivity contribution in [3.8, 4) is 11.4 Å². The van der Waals surface area contributed by atoms with Gasteiger partial charge in [0.1, 0.15) is 0 Å². The maximum absolute atomic E-state index is 12.2. The van der Waals surface area contributed by atoms with Crippen LogP contribution in [0.4, 0.5) is 5.69 Å². The molecule has 0 fully saturated rings. The molecule has 6 nitrogen and oxygen atoms in total. The number of halogens is 1. The molecule has 134 valence electrons. The molecule has 0 aliphatic heterocycles. The fourth-order valence-electron chi connectivity index (χ4n) is 2.39. The van der Waals surface area contributed by atoms with Crippen molar-refractivity contribution in [1.29, 1.82) is 0 Å². The summed E-state index contributed by atoms with van der Waals surface area (Å²) in [7, 11) is 0. The maximum Gasteiger partial charge on any atom is 0.234 e. The zero-order valence-electron chi connectivity index (χ0n) is 14.4. The molecule has 0 spiro atoms. The lowest BCUT2D eigenvalue weighted by Crippen LogP contribution is -2.14. The Morgan fingerprint density at radius 1 is 1.31 bits per heavy atom. The smallest absolute Gasteiger partial charge is 0.234 e. The summed E-state index contributed by atoms with van der Waals surface area (Å²) in [5.74, 6) is 0.855. The third-order valence-corrected chi connectivity index (χ3v) is 5.11. The number of hydrogen-bond acceptors (Lipinski definition) is 5. The van der Waals surface area contributed by atoms with Gasteiger partial charge in [-0.1, -0.05) is 29.4 Å². The van der Waals surface area contributed by atoms with E-state index in [9.17, 15) is 4.79 Å².